The highest BCUT2D eigenvalue weighted by Gasteiger charge is 2.19. The second-order valence-electron chi connectivity index (χ2n) is 5.64. The number of nitrogens with one attached hydrogen (secondary N) is 3. The Morgan fingerprint density at radius 1 is 1.12 bits per heavy atom. The molecule has 0 spiro atoms. The first-order chi connectivity index (χ1) is 11.3. The lowest BCUT2D eigenvalue weighted by Gasteiger charge is -2.12. The van der Waals surface area contributed by atoms with Gasteiger partial charge in [-0.2, -0.15) is 0 Å². The van der Waals surface area contributed by atoms with E-state index in [1.807, 2.05) is 35.9 Å². The number of pyridine rings is 1. The summed E-state index contributed by atoms with van der Waals surface area (Å²) in [6.45, 7) is 5.43. The summed E-state index contributed by atoms with van der Waals surface area (Å²) in [5.41, 5.74) is 2.40. The van der Waals surface area contributed by atoms with Gasteiger partial charge >= 0.3 is 6.03 Å². The summed E-state index contributed by atoms with van der Waals surface area (Å²) in [7, 11) is -3.99. The summed E-state index contributed by atoms with van der Waals surface area (Å²) >= 11 is 0. The van der Waals surface area contributed by atoms with E-state index in [1.54, 1.807) is 13.8 Å². The number of aryl methyl sites for hydroxylation is 1. The third kappa shape index (κ3) is 4.95. The number of anilines is 2. The number of carbonyl (C=O) groups is 1. The molecule has 0 radical (unpaired) electrons. The van der Waals surface area contributed by atoms with E-state index in [0.29, 0.717) is 5.69 Å². The van der Waals surface area contributed by atoms with E-state index in [-0.39, 0.29) is 10.9 Å². The monoisotopic (exact) mass is 348 g/mol. The molecule has 3 N–H and O–H groups in total. The van der Waals surface area contributed by atoms with Gasteiger partial charge in [-0.1, -0.05) is 12.1 Å². The van der Waals surface area contributed by atoms with Gasteiger partial charge in [0.15, 0.2) is 0 Å². The number of hydrogen-bond acceptors (Lipinski definition) is 5. The lowest BCUT2D eigenvalue weighted by molar-refractivity contribution is 0.243. The van der Waals surface area contributed by atoms with E-state index >= 15 is 0 Å². The predicted octanol–water partition coefficient (Wildman–Crippen LogP) is 2.53. The summed E-state index contributed by atoms with van der Waals surface area (Å²) in [6, 6.07) is 8.11. The van der Waals surface area contributed by atoms with Gasteiger partial charge < -0.3 is 10.6 Å². The zero-order valence-corrected chi connectivity index (χ0v) is 14.5. The molecule has 1 aromatic carbocycles. The molecule has 1 aromatic heterocycles. The molecule has 0 aliphatic rings. The van der Waals surface area contributed by atoms with E-state index in [0.717, 1.165) is 11.3 Å². The first-order valence-corrected chi connectivity index (χ1v) is 8.86. The molecule has 24 heavy (non-hydrogen) atoms. The van der Waals surface area contributed by atoms with Crippen molar-refractivity contribution in [3.05, 3.63) is 48.3 Å². The van der Waals surface area contributed by atoms with Crippen LogP contribution in [0.3, 0.4) is 0 Å². The second-order valence-corrected chi connectivity index (χ2v) is 7.32. The maximum absolute atomic E-state index is 12.2. The standard InChI is InChI=1S/C16H20N4O3S/c1-11(2)18-16(21)20-24(22,23)15-8-14(9-17-10-15)19-13-6-4-5-12(3)7-13/h4-11,19H,1-3H3,(H2,18,20,21). The van der Waals surface area contributed by atoms with Gasteiger partial charge in [-0.15, -0.1) is 0 Å². The third-order valence-electron chi connectivity index (χ3n) is 2.98. The summed E-state index contributed by atoms with van der Waals surface area (Å²) in [6.07, 6.45) is 2.70. The van der Waals surface area contributed by atoms with Crippen LogP contribution in [-0.4, -0.2) is 25.5 Å². The predicted molar refractivity (Wildman–Crippen MR) is 92.7 cm³/mol. The highest BCUT2D eigenvalue weighted by Crippen LogP contribution is 2.19. The van der Waals surface area contributed by atoms with Crippen LogP contribution in [-0.2, 0) is 10.0 Å². The first-order valence-electron chi connectivity index (χ1n) is 7.38. The molecule has 0 aliphatic heterocycles. The fourth-order valence-electron chi connectivity index (χ4n) is 2.00. The van der Waals surface area contributed by atoms with Crippen molar-refractivity contribution >= 4 is 27.4 Å². The molecule has 0 fully saturated rings. The molecule has 0 bridgehead atoms. The number of nitrogens with zero attached hydrogens (tertiary/aromatic N) is 1. The third-order valence-corrected chi connectivity index (χ3v) is 4.28. The van der Waals surface area contributed by atoms with Crippen LogP contribution in [0.5, 0.6) is 0 Å². The fraction of sp³-hybridized carbons (Fsp3) is 0.250. The molecule has 2 rings (SSSR count). The van der Waals surface area contributed by atoms with Gasteiger partial charge in [0.25, 0.3) is 10.0 Å². The number of urea groups is 1. The molecule has 0 saturated heterocycles. The lowest BCUT2D eigenvalue weighted by Crippen LogP contribution is -2.42. The topological polar surface area (TPSA) is 100 Å². The van der Waals surface area contributed by atoms with Crippen LogP contribution < -0.4 is 15.4 Å². The normalized spacial score (nSPS) is 11.2. The smallest absolute Gasteiger partial charge is 0.328 e. The molecule has 0 atom stereocenters. The average Bonchev–Trinajstić information content (AvgIpc) is 2.46. The van der Waals surface area contributed by atoms with Crippen molar-refractivity contribution < 1.29 is 13.2 Å². The Labute approximate surface area is 141 Å². The zero-order valence-electron chi connectivity index (χ0n) is 13.7. The average molecular weight is 348 g/mol. The van der Waals surface area contributed by atoms with E-state index in [2.05, 4.69) is 15.6 Å². The molecule has 8 heteroatoms. The van der Waals surface area contributed by atoms with Crippen molar-refractivity contribution in [1.82, 2.24) is 15.0 Å². The van der Waals surface area contributed by atoms with Crippen molar-refractivity contribution in [3.63, 3.8) is 0 Å². The van der Waals surface area contributed by atoms with E-state index in [1.165, 1.54) is 18.5 Å². The summed E-state index contributed by atoms with van der Waals surface area (Å²) in [5.74, 6) is 0. The Bertz CT molecular complexity index is 835. The van der Waals surface area contributed by atoms with Crippen molar-refractivity contribution in [2.45, 2.75) is 31.7 Å². The van der Waals surface area contributed by atoms with E-state index < -0.39 is 16.1 Å². The zero-order chi connectivity index (χ0) is 17.7. The molecule has 2 amide bonds. The number of amides is 2. The van der Waals surface area contributed by atoms with Crippen molar-refractivity contribution in [2.24, 2.45) is 0 Å². The lowest BCUT2D eigenvalue weighted by atomic mass is 10.2. The minimum Gasteiger partial charge on any atom is -0.354 e. The van der Waals surface area contributed by atoms with Crippen LogP contribution in [0.15, 0.2) is 47.6 Å². The Morgan fingerprint density at radius 2 is 1.88 bits per heavy atom. The Balaban J connectivity index is 2.18. The molecule has 0 unspecified atom stereocenters. The van der Waals surface area contributed by atoms with Gasteiger partial charge in [-0.25, -0.2) is 17.9 Å². The Kier molecular flexibility index (Phi) is 5.40. The second kappa shape index (κ2) is 7.31. The largest absolute Gasteiger partial charge is 0.354 e. The molecule has 128 valence electrons. The van der Waals surface area contributed by atoms with Gasteiger partial charge in [0, 0.05) is 17.9 Å². The van der Waals surface area contributed by atoms with Gasteiger partial charge in [0.2, 0.25) is 0 Å². The van der Waals surface area contributed by atoms with Crippen molar-refractivity contribution in [1.29, 1.82) is 0 Å². The van der Waals surface area contributed by atoms with E-state index in [9.17, 15) is 13.2 Å². The molecule has 0 aliphatic carbocycles. The maximum Gasteiger partial charge on any atom is 0.328 e. The number of benzene rings is 1. The summed E-state index contributed by atoms with van der Waals surface area (Å²) in [5, 5.41) is 5.55. The van der Waals surface area contributed by atoms with Crippen LogP contribution in [0.4, 0.5) is 16.2 Å². The Hall–Kier alpha value is -2.61. The van der Waals surface area contributed by atoms with Crippen LogP contribution in [0.25, 0.3) is 0 Å². The number of rotatable bonds is 5. The number of carbonyl (C=O) groups excluding carboxylic acids is 1. The quantitative estimate of drug-likeness (QED) is 0.771. The molecule has 7 nitrogen and oxygen atoms in total. The molecule has 1 heterocycles. The summed E-state index contributed by atoms with van der Waals surface area (Å²) < 4.78 is 26.4. The van der Waals surface area contributed by atoms with Crippen LogP contribution in [0, 0.1) is 6.92 Å². The summed E-state index contributed by atoms with van der Waals surface area (Å²) in [4.78, 5) is 15.4. The van der Waals surface area contributed by atoms with Crippen LogP contribution >= 0.6 is 0 Å². The number of hydrogen-bond donors (Lipinski definition) is 3. The highest BCUT2D eigenvalue weighted by molar-refractivity contribution is 7.90. The molecular weight excluding hydrogens is 328 g/mol. The SMILES string of the molecule is Cc1cccc(Nc2cncc(S(=O)(=O)NC(=O)NC(C)C)c2)c1. The van der Waals surface area contributed by atoms with Crippen molar-refractivity contribution in [2.75, 3.05) is 5.32 Å². The van der Waals surface area contributed by atoms with Crippen LogP contribution in [0.2, 0.25) is 0 Å². The number of sulfonamides is 1. The van der Waals surface area contributed by atoms with Gasteiger partial charge in [-0.3, -0.25) is 4.98 Å². The van der Waals surface area contributed by atoms with Gasteiger partial charge in [0.05, 0.1) is 11.9 Å². The molecular formula is C16H20N4O3S. The number of aromatic nitrogens is 1. The maximum atomic E-state index is 12.2. The van der Waals surface area contributed by atoms with Crippen molar-refractivity contribution in [3.8, 4) is 0 Å². The Morgan fingerprint density at radius 3 is 2.54 bits per heavy atom. The first kappa shape index (κ1) is 17.7. The minimum atomic E-state index is -3.99. The minimum absolute atomic E-state index is 0.0981. The van der Waals surface area contributed by atoms with Gasteiger partial charge in [-0.05, 0) is 44.5 Å². The van der Waals surface area contributed by atoms with E-state index in [4.69, 9.17) is 0 Å². The van der Waals surface area contributed by atoms with Gasteiger partial charge in [0.1, 0.15) is 4.90 Å². The molecule has 0 saturated carbocycles. The molecule has 2 aromatic rings. The van der Waals surface area contributed by atoms with Crippen LogP contribution in [0.1, 0.15) is 19.4 Å². The fourth-order valence-corrected chi connectivity index (χ4v) is 2.90. The highest BCUT2D eigenvalue weighted by atomic mass is 32.2.